The van der Waals surface area contributed by atoms with Crippen molar-refractivity contribution >= 4 is 29.9 Å². The van der Waals surface area contributed by atoms with E-state index in [0.29, 0.717) is 45.5 Å². The van der Waals surface area contributed by atoms with Gasteiger partial charge in [-0.1, -0.05) is 30.3 Å². The lowest BCUT2D eigenvalue weighted by Crippen LogP contribution is -2.41. The molecule has 3 N–H and O–H groups in total. The molecule has 0 saturated carbocycles. The summed E-state index contributed by atoms with van der Waals surface area (Å²) in [5.41, 5.74) is 7.34. The number of ether oxygens (including phenoxy) is 1. The van der Waals surface area contributed by atoms with Gasteiger partial charge in [0, 0.05) is 37.7 Å². The molecule has 30 heavy (non-hydrogen) atoms. The van der Waals surface area contributed by atoms with Gasteiger partial charge in [0.15, 0.2) is 0 Å². The lowest BCUT2D eigenvalue weighted by Gasteiger charge is -2.31. The topological polar surface area (TPSA) is 84.7 Å². The molecule has 0 bridgehead atoms. The van der Waals surface area contributed by atoms with Crippen molar-refractivity contribution in [2.45, 2.75) is 25.7 Å². The van der Waals surface area contributed by atoms with E-state index < -0.39 is 0 Å². The van der Waals surface area contributed by atoms with E-state index in [1.165, 1.54) is 5.56 Å². The van der Waals surface area contributed by atoms with Crippen LogP contribution >= 0.6 is 12.4 Å². The van der Waals surface area contributed by atoms with E-state index in [1.54, 1.807) is 0 Å². The van der Waals surface area contributed by atoms with E-state index in [1.807, 2.05) is 59.5 Å². The number of amides is 2. The SMILES string of the molecule is Cl.NCCOc1ccc(NC(=O)C2CCN(C(=O)CCc3ccccc3)CC2)cc1. The van der Waals surface area contributed by atoms with Gasteiger partial charge in [0.05, 0.1) is 0 Å². The van der Waals surface area contributed by atoms with E-state index >= 15 is 0 Å². The number of carbonyl (C=O) groups excluding carboxylic acids is 2. The van der Waals surface area contributed by atoms with Gasteiger partial charge in [0.25, 0.3) is 0 Å². The summed E-state index contributed by atoms with van der Waals surface area (Å²) in [6, 6.07) is 17.3. The molecule has 0 spiro atoms. The van der Waals surface area contributed by atoms with Crippen LogP contribution in [0.1, 0.15) is 24.8 Å². The Morgan fingerprint density at radius 1 is 1.03 bits per heavy atom. The molecule has 1 aliphatic rings. The largest absolute Gasteiger partial charge is 0.492 e. The van der Waals surface area contributed by atoms with Crippen LogP contribution in [-0.2, 0) is 16.0 Å². The molecule has 2 aromatic carbocycles. The fourth-order valence-electron chi connectivity index (χ4n) is 3.50. The summed E-state index contributed by atoms with van der Waals surface area (Å²) in [5.74, 6) is 0.843. The highest BCUT2D eigenvalue weighted by atomic mass is 35.5. The van der Waals surface area contributed by atoms with Crippen LogP contribution in [-0.4, -0.2) is 43.0 Å². The molecule has 0 unspecified atom stereocenters. The molecule has 0 aliphatic carbocycles. The summed E-state index contributed by atoms with van der Waals surface area (Å²) < 4.78 is 5.44. The lowest BCUT2D eigenvalue weighted by atomic mass is 9.95. The number of nitrogens with zero attached hydrogens (tertiary/aromatic N) is 1. The summed E-state index contributed by atoms with van der Waals surface area (Å²) in [4.78, 5) is 26.9. The summed E-state index contributed by atoms with van der Waals surface area (Å²) in [6.45, 7) is 2.20. The predicted molar refractivity (Wildman–Crippen MR) is 121 cm³/mol. The van der Waals surface area contributed by atoms with Gasteiger partial charge in [-0.3, -0.25) is 9.59 Å². The molecule has 162 valence electrons. The van der Waals surface area contributed by atoms with Crippen LogP contribution in [0.5, 0.6) is 5.75 Å². The number of piperidine rings is 1. The highest BCUT2D eigenvalue weighted by Gasteiger charge is 2.27. The second kappa shape index (κ2) is 12.2. The molecule has 1 saturated heterocycles. The summed E-state index contributed by atoms with van der Waals surface area (Å²) in [7, 11) is 0. The number of hydrogen-bond acceptors (Lipinski definition) is 4. The number of halogens is 1. The van der Waals surface area contributed by atoms with Gasteiger partial charge in [-0.25, -0.2) is 0 Å². The molecule has 2 aromatic rings. The fraction of sp³-hybridized carbons (Fsp3) is 0.391. The molecular formula is C23H30ClN3O3. The number of nitrogens with one attached hydrogen (secondary N) is 1. The highest BCUT2D eigenvalue weighted by Crippen LogP contribution is 2.22. The van der Waals surface area contributed by atoms with Crippen molar-refractivity contribution in [3.8, 4) is 5.75 Å². The minimum atomic E-state index is -0.0682. The van der Waals surface area contributed by atoms with E-state index in [9.17, 15) is 9.59 Å². The molecule has 1 heterocycles. The number of likely N-dealkylation sites (tertiary alicyclic amines) is 1. The van der Waals surface area contributed by atoms with Crippen LogP contribution in [0, 0.1) is 5.92 Å². The normalized spacial score (nSPS) is 14.0. The molecule has 0 radical (unpaired) electrons. The monoisotopic (exact) mass is 431 g/mol. The number of hydrogen-bond donors (Lipinski definition) is 2. The summed E-state index contributed by atoms with van der Waals surface area (Å²) in [5, 5.41) is 2.96. The Balaban J connectivity index is 0.00000320. The van der Waals surface area contributed by atoms with Crippen molar-refractivity contribution in [1.82, 2.24) is 4.90 Å². The molecule has 7 heteroatoms. The second-order valence-corrected chi connectivity index (χ2v) is 7.29. The molecular weight excluding hydrogens is 402 g/mol. The van der Waals surface area contributed by atoms with Gasteiger partial charge < -0.3 is 20.7 Å². The maximum Gasteiger partial charge on any atom is 0.227 e. The number of carbonyl (C=O) groups is 2. The van der Waals surface area contributed by atoms with Crippen LogP contribution in [0.4, 0.5) is 5.69 Å². The Hall–Kier alpha value is -2.57. The number of nitrogens with two attached hydrogens (primary N) is 1. The zero-order chi connectivity index (χ0) is 20.5. The van der Waals surface area contributed by atoms with Crippen molar-refractivity contribution in [2.75, 3.05) is 31.6 Å². The average molecular weight is 432 g/mol. The number of rotatable bonds is 8. The standard InChI is InChI=1S/C23H29N3O3.ClH/c24-14-17-29-21-9-7-20(8-10-21)25-23(28)19-12-15-26(16-13-19)22(27)11-6-18-4-2-1-3-5-18;/h1-5,7-10,19H,6,11-17,24H2,(H,25,28);1H. The molecule has 1 aliphatic heterocycles. The Bertz CT molecular complexity index is 791. The molecule has 0 atom stereocenters. The smallest absolute Gasteiger partial charge is 0.227 e. The molecule has 2 amide bonds. The van der Waals surface area contributed by atoms with Crippen LogP contribution < -0.4 is 15.8 Å². The van der Waals surface area contributed by atoms with Crippen molar-refractivity contribution in [3.63, 3.8) is 0 Å². The Morgan fingerprint density at radius 3 is 2.33 bits per heavy atom. The summed E-state index contributed by atoms with van der Waals surface area (Å²) in [6.07, 6.45) is 2.66. The predicted octanol–water partition coefficient (Wildman–Crippen LogP) is 3.26. The quantitative estimate of drug-likeness (QED) is 0.671. The maximum atomic E-state index is 12.5. The molecule has 1 fully saturated rings. The van der Waals surface area contributed by atoms with Gasteiger partial charge in [0.1, 0.15) is 12.4 Å². The first-order valence-electron chi connectivity index (χ1n) is 10.2. The number of anilines is 1. The third kappa shape index (κ3) is 7.04. The number of benzene rings is 2. The van der Waals surface area contributed by atoms with E-state index in [-0.39, 0.29) is 30.1 Å². The average Bonchev–Trinajstić information content (AvgIpc) is 2.78. The first-order chi connectivity index (χ1) is 14.2. The van der Waals surface area contributed by atoms with Gasteiger partial charge >= 0.3 is 0 Å². The van der Waals surface area contributed by atoms with Crippen LogP contribution in [0.3, 0.4) is 0 Å². The van der Waals surface area contributed by atoms with Gasteiger partial charge in [0.2, 0.25) is 11.8 Å². The molecule has 6 nitrogen and oxygen atoms in total. The zero-order valence-electron chi connectivity index (χ0n) is 17.1. The van der Waals surface area contributed by atoms with Gasteiger partial charge in [-0.2, -0.15) is 0 Å². The third-order valence-electron chi connectivity index (χ3n) is 5.20. The van der Waals surface area contributed by atoms with E-state index in [2.05, 4.69) is 5.32 Å². The van der Waals surface area contributed by atoms with Gasteiger partial charge in [-0.05, 0) is 49.1 Å². The highest BCUT2D eigenvalue weighted by molar-refractivity contribution is 5.92. The van der Waals surface area contributed by atoms with Gasteiger partial charge in [-0.15, -0.1) is 12.4 Å². The third-order valence-corrected chi connectivity index (χ3v) is 5.20. The lowest BCUT2D eigenvalue weighted by molar-refractivity contribution is -0.134. The second-order valence-electron chi connectivity index (χ2n) is 7.29. The minimum Gasteiger partial charge on any atom is -0.492 e. The van der Waals surface area contributed by atoms with Crippen molar-refractivity contribution < 1.29 is 14.3 Å². The van der Waals surface area contributed by atoms with E-state index in [0.717, 1.165) is 17.9 Å². The molecule has 0 aromatic heterocycles. The van der Waals surface area contributed by atoms with Crippen LogP contribution in [0.25, 0.3) is 0 Å². The first-order valence-corrected chi connectivity index (χ1v) is 10.2. The first kappa shape index (κ1) is 23.7. The van der Waals surface area contributed by atoms with E-state index in [4.69, 9.17) is 10.5 Å². The Labute approximate surface area is 184 Å². The summed E-state index contributed by atoms with van der Waals surface area (Å²) >= 11 is 0. The van der Waals surface area contributed by atoms with Crippen molar-refractivity contribution in [3.05, 3.63) is 60.2 Å². The van der Waals surface area contributed by atoms with Crippen molar-refractivity contribution in [2.24, 2.45) is 11.7 Å². The molecule has 3 rings (SSSR count). The maximum absolute atomic E-state index is 12.5. The zero-order valence-corrected chi connectivity index (χ0v) is 17.9. The van der Waals surface area contributed by atoms with Crippen LogP contribution in [0.15, 0.2) is 54.6 Å². The van der Waals surface area contributed by atoms with Crippen LogP contribution in [0.2, 0.25) is 0 Å². The number of aryl methyl sites for hydroxylation is 1. The Kier molecular flexibility index (Phi) is 9.64. The van der Waals surface area contributed by atoms with Crippen molar-refractivity contribution in [1.29, 1.82) is 0 Å². The minimum absolute atomic E-state index is 0. The fourth-order valence-corrected chi connectivity index (χ4v) is 3.50. The Morgan fingerprint density at radius 2 is 1.70 bits per heavy atom.